The molecule has 4 nitrogen and oxygen atoms in total. The minimum Gasteiger partial charge on any atom is -0.480 e. The highest BCUT2D eigenvalue weighted by Gasteiger charge is 2.21. The molecule has 0 aliphatic carbocycles. The number of carbonyl (C=O) groups excluding carboxylic acids is 1. The van der Waals surface area contributed by atoms with Crippen molar-refractivity contribution in [3.8, 4) is 0 Å². The first-order valence-corrected chi connectivity index (χ1v) is 7.84. The molecule has 0 aliphatic heterocycles. The first kappa shape index (κ1) is 15.7. The van der Waals surface area contributed by atoms with Gasteiger partial charge < -0.3 is 10.4 Å². The van der Waals surface area contributed by atoms with Crippen molar-refractivity contribution in [2.24, 2.45) is 0 Å². The van der Waals surface area contributed by atoms with E-state index in [-0.39, 0.29) is 5.91 Å². The topological polar surface area (TPSA) is 66.4 Å². The van der Waals surface area contributed by atoms with E-state index in [1.165, 1.54) is 11.3 Å². The first-order chi connectivity index (χ1) is 8.45. The fourth-order valence-corrected chi connectivity index (χ4v) is 3.29. The summed E-state index contributed by atoms with van der Waals surface area (Å²) in [6.07, 6.45) is 2.12. The molecule has 0 spiro atoms. The SMILES string of the molecule is CCCC[C@H](NC(=O)c1cc(Br)c(Br)s1)C(=O)O. The van der Waals surface area contributed by atoms with Crippen LogP contribution in [0.3, 0.4) is 0 Å². The van der Waals surface area contributed by atoms with Gasteiger partial charge in [0.05, 0.1) is 8.66 Å². The smallest absolute Gasteiger partial charge is 0.326 e. The van der Waals surface area contributed by atoms with E-state index in [2.05, 4.69) is 37.2 Å². The second-order valence-electron chi connectivity index (χ2n) is 3.74. The van der Waals surface area contributed by atoms with Gasteiger partial charge in [0.15, 0.2) is 0 Å². The number of amides is 1. The predicted molar refractivity (Wildman–Crippen MR) is 78.1 cm³/mol. The van der Waals surface area contributed by atoms with Crippen molar-refractivity contribution in [3.05, 3.63) is 19.2 Å². The highest BCUT2D eigenvalue weighted by atomic mass is 79.9. The Morgan fingerprint density at radius 3 is 2.61 bits per heavy atom. The van der Waals surface area contributed by atoms with Crippen LogP contribution in [0.2, 0.25) is 0 Å². The number of hydrogen-bond acceptors (Lipinski definition) is 3. The van der Waals surface area contributed by atoms with Gasteiger partial charge in [0, 0.05) is 4.47 Å². The van der Waals surface area contributed by atoms with Gasteiger partial charge in [-0.25, -0.2) is 4.79 Å². The lowest BCUT2D eigenvalue weighted by atomic mass is 10.1. The Morgan fingerprint density at radius 2 is 2.17 bits per heavy atom. The summed E-state index contributed by atoms with van der Waals surface area (Å²) in [6.45, 7) is 1.98. The number of carboxylic acid groups (broad SMARTS) is 1. The lowest BCUT2D eigenvalue weighted by molar-refractivity contribution is -0.139. The number of unbranched alkanes of at least 4 members (excludes halogenated alkanes) is 1. The zero-order valence-electron chi connectivity index (χ0n) is 9.70. The van der Waals surface area contributed by atoms with E-state index in [0.717, 1.165) is 21.1 Å². The Balaban J connectivity index is 2.69. The van der Waals surface area contributed by atoms with Crippen LogP contribution in [-0.4, -0.2) is 23.0 Å². The summed E-state index contributed by atoms with van der Waals surface area (Å²) in [7, 11) is 0. The van der Waals surface area contributed by atoms with Gasteiger partial charge in [0.2, 0.25) is 0 Å². The summed E-state index contributed by atoms with van der Waals surface area (Å²) in [5.74, 6) is -1.35. The zero-order chi connectivity index (χ0) is 13.7. The second kappa shape index (κ2) is 7.25. The van der Waals surface area contributed by atoms with Crippen LogP contribution < -0.4 is 5.32 Å². The van der Waals surface area contributed by atoms with Crippen LogP contribution in [0.1, 0.15) is 35.9 Å². The van der Waals surface area contributed by atoms with Crippen molar-refractivity contribution in [3.63, 3.8) is 0 Å². The van der Waals surface area contributed by atoms with Gasteiger partial charge in [-0.1, -0.05) is 19.8 Å². The molecule has 18 heavy (non-hydrogen) atoms. The molecule has 1 amide bonds. The number of hydrogen-bond donors (Lipinski definition) is 2. The van der Waals surface area contributed by atoms with Gasteiger partial charge in [-0.15, -0.1) is 11.3 Å². The van der Waals surface area contributed by atoms with Gasteiger partial charge in [0.25, 0.3) is 5.91 Å². The summed E-state index contributed by atoms with van der Waals surface area (Å²) in [4.78, 5) is 23.4. The molecular formula is C11H13Br2NO3S. The molecule has 2 N–H and O–H groups in total. The average molecular weight is 399 g/mol. The molecule has 0 saturated carbocycles. The molecule has 100 valence electrons. The number of carbonyl (C=O) groups is 2. The summed E-state index contributed by atoms with van der Waals surface area (Å²) in [6, 6.07) is 0.847. The summed E-state index contributed by atoms with van der Waals surface area (Å²) >= 11 is 7.85. The van der Waals surface area contributed by atoms with Crippen LogP contribution in [0.25, 0.3) is 0 Å². The van der Waals surface area contributed by atoms with E-state index in [1.807, 2.05) is 6.92 Å². The van der Waals surface area contributed by atoms with Gasteiger partial charge >= 0.3 is 5.97 Å². The number of thiophene rings is 1. The van der Waals surface area contributed by atoms with Gasteiger partial charge in [-0.05, 0) is 44.3 Å². The Kier molecular flexibility index (Phi) is 6.31. The Bertz CT molecular complexity index is 428. The predicted octanol–water partition coefficient (Wildman–Crippen LogP) is 3.65. The van der Waals surface area contributed by atoms with Crippen LogP contribution in [0, 0.1) is 0 Å². The quantitative estimate of drug-likeness (QED) is 0.768. The van der Waals surface area contributed by atoms with Gasteiger partial charge in [0.1, 0.15) is 6.04 Å². The van der Waals surface area contributed by atoms with Crippen LogP contribution in [0.4, 0.5) is 0 Å². The lowest BCUT2D eigenvalue weighted by Gasteiger charge is -2.13. The van der Waals surface area contributed by atoms with E-state index < -0.39 is 12.0 Å². The third kappa shape index (κ3) is 4.37. The van der Waals surface area contributed by atoms with Crippen molar-refractivity contribution < 1.29 is 14.7 Å². The van der Waals surface area contributed by atoms with E-state index in [1.54, 1.807) is 6.07 Å². The molecule has 0 unspecified atom stereocenters. The van der Waals surface area contributed by atoms with Crippen molar-refractivity contribution in [2.45, 2.75) is 32.2 Å². The number of aliphatic carboxylic acids is 1. The largest absolute Gasteiger partial charge is 0.480 e. The fraction of sp³-hybridized carbons (Fsp3) is 0.455. The molecule has 0 aliphatic rings. The lowest BCUT2D eigenvalue weighted by Crippen LogP contribution is -2.40. The molecule has 7 heteroatoms. The van der Waals surface area contributed by atoms with Crippen molar-refractivity contribution in [1.29, 1.82) is 0 Å². The molecular weight excluding hydrogens is 386 g/mol. The minimum atomic E-state index is -0.994. The van der Waals surface area contributed by atoms with E-state index in [0.29, 0.717) is 11.3 Å². The van der Waals surface area contributed by atoms with Crippen LogP contribution in [0.15, 0.2) is 14.3 Å². The molecule has 1 aromatic heterocycles. The first-order valence-electron chi connectivity index (χ1n) is 5.44. The average Bonchev–Trinajstić information content (AvgIpc) is 2.64. The third-order valence-electron chi connectivity index (χ3n) is 2.32. The number of halogens is 2. The van der Waals surface area contributed by atoms with Crippen molar-refractivity contribution in [2.75, 3.05) is 0 Å². The zero-order valence-corrected chi connectivity index (χ0v) is 13.7. The third-order valence-corrected chi connectivity index (χ3v) is 5.57. The van der Waals surface area contributed by atoms with Crippen LogP contribution in [-0.2, 0) is 4.79 Å². The molecule has 0 bridgehead atoms. The van der Waals surface area contributed by atoms with Crippen LogP contribution >= 0.6 is 43.2 Å². The Labute approximate surface area is 126 Å². The van der Waals surface area contributed by atoms with Gasteiger partial charge in [-0.3, -0.25) is 4.79 Å². The molecule has 0 aromatic carbocycles. The molecule has 1 atom stereocenters. The Morgan fingerprint density at radius 1 is 1.50 bits per heavy atom. The number of carboxylic acids is 1. The molecule has 1 heterocycles. The minimum absolute atomic E-state index is 0.352. The normalized spacial score (nSPS) is 12.2. The maximum Gasteiger partial charge on any atom is 0.326 e. The van der Waals surface area contributed by atoms with Gasteiger partial charge in [-0.2, -0.15) is 0 Å². The standard InChI is InChI=1S/C11H13Br2NO3S/c1-2-3-4-7(11(16)17)14-10(15)8-5-6(12)9(13)18-8/h5,7H,2-4H2,1H3,(H,14,15)(H,16,17)/t7-/m0/s1. The van der Waals surface area contributed by atoms with E-state index in [9.17, 15) is 9.59 Å². The van der Waals surface area contributed by atoms with Crippen molar-refractivity contribution in [1.82, 2.24) is 5.32 Å². The molecule has 1 rings (SSSR count). The highest BCUT2D eigenvalue weighted by Crippen LogP contribution is 2.32. The second-order valence-corrected chi connectivity index (χ2v) is 6.96. The molecule has 1 aromatic rings. The summed E-state index contributed by atoms with van der Waals surface area (Å²) in [5.41, 5.74) is 0. The highest BCUT2D eigenvalue weighted by molar-refractivity contribution is 9.13. The van der Waals surface area contributed by atoms with Crippen molar-refractivity contribution >= 4 is 55.1 Å². The van der Waals surface area contributed by atoms with Crippen LogP contribution in [0.5, 0.6) is 0 Å². The number of rotatable bonds is 6. The monoisotopic (exact) mass is 397 g/mol. The maximum absolute atomic E-state index is 11.9. The number of nitrogens with one attached hydrogen (secondary N) is 1. The summed E-state index contributed by atoms with van der Waals surface area (Å²) < 4.78 is 1.60. The molecule has 0 radical (unpaired) electrons. The Hall–Kier alpha value is -0.400. The van der Waals surface area contributed by atoms with E-state index >= 15 is 0 Å². The maximum atomic E-state index is 11.9. The summed E-state index contributed by atoms with van der Waals surface area (Å²) in [5, 5.41) is 11.6. The fourth-order valence-electron chi connectivity index (χ4n) is 1.35. The van der Waals surface area contributed by atoms with E-state index in [4.69, 9.17) is 5.11 Å². The molecule has 0 fully saturated rings. The molecule has 0 saturated heterocycles.